The Bertz CT molecular complexity index is 858. The van der Waals surface area contributed by atoms with Crippen molar-refractivity contribution in [2.45, 2.75) is 85.9 Å². The molecule has 3 amide bonds. The highest BCUT2D eigenvalue weighted by molar-refractivity contribution is 5.92. The molecule has 2 N–H and O–H groups in total. The molecule has 2 unspecified atom stereocenters. The Balaban J connectivity index is 3.45. The van der Waals surface area contributed by atoms with Gasteiger partial charge in [0.15, 0.2) is 0 Å². The number of hydrogen-bond acceptors (Lipinski definition) is 4. The molecule has 0 aliphatic heterocycles. The van der Waals surface area contributed by atoms with Gasteiger partial charge in [-0.05, 0) is 58.1 Å². The van der Waals surface area contributed by atoms with Crippen molar-refractivity contribution in [2.24, 2.45) is 5.92 Å². The summed E-state index contributed by atoms with van der Waals surface area (Å²) in [5.41, 5.74) is 1.95. The minimum Gasteiger partial charge on any atom is -0.444 e. The van der Waals surface area contributed by atoms with Crippen LogP contribution in [0.5, 0.6) is 0 Å². The van der Waals surface area contributed by atoms with E-state index in [4.69, 9.17) is 4.74 Å². The van der Waals surface area contributed by atoms with Crippen LogP contribution in [0, 0.1) is 19.8 Å². The smallest absolute Gasteiger partial charge is 0.408 e. The van der Waals surface area contributed by atoms with Crippen molar-refractivity contribution in [3.8, 4) is 0 Å². The number of amides is 3. The Morgan fingerprint density at radius 1 is 1.18 bits per heavy atom. The van der Waals surface area contributed by atoms with E-state index in [-0.39, 0.29) is 24.3 Å². The molecule has 190 valence electrons. The summed E-state index contributed by atoms with van der Waals surface area (Å²) < 4.78 is 5.38. The molecule has 0 fully saturated rings. The Kier molecular flexibility index (Phi) is 11.3. The fourth-order valence-electron chi connectivity index (χ4n) is 3.58. The number of hydrogen-bond donors (Lipinski definition) is 2. The standard InChI is InChI=1S/C27H43N3O4/c1-10-12-15-28-24(31)23(21-17-19(5)13-14-20(21)6)30(16-11-2)25(32)22(18(3)4)29-26(33)34-27(7,8)9/h11,13-14,17-18,22-23H,2,10,12,15-16H2,1,3-9H3,(H,28,31)(H,29,33). The van der Waals surface area contributed by atoms with Crippen LogP contribution in [-0.2, 0) is 14.3 Å². The van der Waals surface area contributed by atoms with Crippen molar-refractivity contribution >= 4 is 17.9 Å². The third-order valence-corrected chi connectivity index (χ3v) is 5.33. The summed E-state index contributed by atoms with van der Waals surface area (Å²) in [6.07, 6.45) is 2.71. The maximum Gasteiger partial charge on any atom is 0.408 e. The molecule has 0 radical (unpaired) electrons. The quantitative estimate of drug-likeness (QED) is 0.356. The number of nitrogens with one attached hydrogen (secondary N) is 2. The summed E-state index contributed by atoms with van der Waals surface area (Å²) in [5, 5.41) is 5.70. The van der Waals surface area contributed by atoms with Gasteiger partial charge in [-0.15, -0.1) is 6.58 Å². The van der Waals surface area contributed by atoms with E-state index in [0.717, 1.165) is 29.5 Å². The van der Waals surface area contributed by atoms with Gasteiger partial charge in [0.2, 0.25) is 11.8 Å². The lowest BCUT2D eigenvalue weighted by Crippen LogP contribution is -2.55. The van der Waals surface area contributed by atoms with Crippen molar-refractivity contribution in [3.05, 3.63) is 47.5 Å². The Morgan fingerprint density at radius 2 is 1.82 bits per heavy atom. The van der Waals surface area contributed by atoms with Crippen molar-refractivity contribution in [2.75, 3.05) is 13.1 Å². The number of unbranched alkanes of at least 4 members (excludes halogenated alkanes) is 1. The Morgan fingerprint density at radius 3 is 2.35 bits per heavy atom. The van der Waals surface area contributed by atoms with E-state index in [1.54, 1.807) is 26.8 Å². The molecule has 0 aliphatic rings. The van der Waals surface area contributed by atoms with E-state index in [0.29, 0.717) is 6.54 Å². The number of alkyl carbamates (subject to hydrolysis) is 1. The highest BCUT2D eigenvalue weighted by atomic mass is 16.6. The minimum atomic E-state index is -0.870. The van der Waals surface area contributed by atoms with Crippen LogP contribution in [0.2, 0.25) is 0 Å². The molecule has 1 aromatic rings. The average molecular weight is 474 g/mol. The van der Waals surface area contributed by atoms with E-state index in [1.165, 1.54) is 4.90 Å². The number of carbonyl (C=O) groups is 3. The Labute approximate surface area is 205 Å². The van der Waals surface area contributed by atoms with Crippen molar-refractivity contribution in [1.82, 2.24) is 15.5 Å². The lowest BCUT2D eigenvalue weighted by Gasteiger charge is -2.35. The van der Waals surface area contributed by atoms with E-state index in [1.807, 2.05) is 45.9 Å². The van der Waals surface area contributed by atoms with Crippen LogP contribution >= 0.6 is 0 Å². The summed E-state index contributed by atoms with van der Waals surface area (Å²) in [6, 6.07) is 4.14. The van der Waals surface area contributed by atoms with Crippen molar-refractivity contribution < 1.29 is 19.1 Å². The SMILES string of the molecule is C=CCN(C(=O)C(NC(=O)OC(C)(C)C)C(C)C)C(C(=O)NCCCC)c1cc(C)ccc1C. The highest BCUT2D eigenvalue weighted by Gasteiger charge is 2.37. The number of nitrogens with zero attached hydrogens (tertiary/aromatic N) is 1. The van der Waals surface area contributed by atoms with Crippen LogP contribution in [0.25, 0.3) is 0 Å². The normalized spacial score (nSPS) is 13.1. The molecule has 7 heteroatoms. The summed E-state index contributed by atoms with van der Waals surface area (Å²) in [4.78, 5) is 41.3. The van der Waals surface area contributed by atoms with Crippen LogP contribution in [0.1, 0.15) is 77.1 Å². The van der Waals surface area contributed by atoms with Crippen LogP contribution in [0.15, 0.2) is 30.9 Å². The number of carbonyl (C=O) groups excluding carboxylic acids is 3. The second-order valence-electron chi connectivity index (χ2n) is 10.1. The second-order valence-corrected chi connectivity index (χ2v) is 10.1. The van der Waals surface area contributed by atoms with Gasteiger partial charge in [0, 0.05) is 13.1 Å². The summed E-state index contributed by atoms with van der Waals surface area (Å²) in [5.74, 6) is -0.843. The third kappa shape index (κ3) is 8.84. The van der Waals surface area contributed by atoms with Crippen molar-refractivity contribution in [1.29, 1.82) is 0 Å². The fraction of sp³-hybridized carbons (Fsp3) is 0.593. The summed E-state index contributed by atoms with van der Waals surface area (Å²) in [6.45, 7) is 19.4. The fourth-order valence-corrected chi connectivity index (χ4v) is 3.58. The van der Waals surface area contributed by atoms with Gasteiger partial charge in [-0.1, -0.05) is 57.0 Å². The lowest BCUT2D eigenvalue weighted by atomic mass is 9.95. The lowest BCUT2D eigenvalue weighted by molar-refractivity contribution is -0.142. The van der Waals surface area contributed by atoms with Crippen LogP contribution in [-0.4, -0.2) is 47.5 Å². The van der Waals surface area contributed by atoms with E-state index >= 15 is 0 Å². The molecule has 1 rings (SSSR count). The molecule has 2 atom stereocenters. The van der Waals surface area contributed by atoms with Gasteiger partial charge >= 0.3 is 6.09 Å². The number of rotatable bonds is 11. The molecule has 0 aromatic heterocycles. The van der Waals surface area contributed by atoms with Crippen molar-refractivity contribution in [3.63, 3.8) is 0 Å². The summed E-state index contributed by atoms with van der Waals surface area (Å²) in [7, 11) is 0. The van der Waals surface area contributed by atoms with Gasteiger partial charge in [0.05, 0.1) is 0 Å². The molecular weight excluding hydrogens is 430 g/mol. The minimum absolute atomic E-state index is 0.150. The Hall–Kier alpha value is -2.83. The van der Waals surface area contributed by atoms with Crippen LogP contribution < -0.4 is 10.6 Å². The molecule has 7 nitrogen and oxygen atoms in total. The van der Waals surface area contributed by atoms with Crippen LogP contribution in [0.3, 0.4) is 0 Å². The molecule has 0 saturated carbocycles. The molecular formula is C27H43N3O4. The zero-order valence-electron chi connectivity index (χ0n) is 22.2. The average Bonchev–Trinajstić information content (AvgIpc) is 2.72. The molecule has 0 bridgehead atoms. The molecule has 0 aliphatic carbocycles. The number of aryl methyl sites for hydroxylation is 2. The number of benzene rings is 1. The second kappa shape index (κ2) is 13.2. The van der Waals surface area contributed by atoms with Gasteiger partial charge in [0.1, 0.15) is 17.7 Å². The maximum absolute atomic E-state index is 13.8. The molecule has 0 spiro atoms. The molecule has 0 heterocycles. The first kappa shape index (κ1) is 29.2. The summed E-state index contributed by atoms with van der Waals surface area (Å²) >= 11 is 0. The van der Waals surface area contributed by atoms with E-state index in [2.05, 4.69) is 24.1 Å². The highest BCUT2D eigenvalue weighted by Crippen LogP contribution is 2.27. The van der Waals surface area contributed by atoms with Gasteiger partial charge in [-0.3, -0.25) is 9.59 Å². The number of ether oxygens (including phenoxy) is 1. The monoisotopic (exact) mass is 473 g/mol. The predicted octanol–water partition coefficient (Wildman–Crippen LogP) is 4.82. The topological polar surface area (TPSA) is 87.7 Å². The first-order valence-corrected chi connectivity index (χ1v) is 12.1. The first-order chi connectivity index (χ1) is 15.8. The van der Waals surface area contributed by atoms with Crippen LogP contribution in [0.4, 0.5) is 4.79 Å². The zero-order chi connectivity index (χ0) is 26.1. The van der Waals surface area contributed by atoms with Gasteiger partial charge in [-0.2, -0.15) is 0 Å². The van der Waals surface area contributed by atoms with E-state index in [9.17, 15) is 14.4 Å². The molecule has 1 aromatic carbocycles. The third-order valence-electron chi connectivity index (χ3n) is 5.33. The zero-order valence-corrected chi connectivity index (χ0v) is 22.2. The largest absolute Gasteiger partial charge is 0.444 e. The van der Waals surface area contributed by atoms with Gasteiger partial charge in [-0.25, -0.2) is 4.79 Å². The predicted molar refractivity (Wildman–Crippen MR) is 136 cm³/mol. The maximum atomic E-state index is 13.8. The van der Waals surface area contributed by atoms with Gasteiger partial charge < -0.3 is 20.3 Å². The van der Waals surface area contributed by atoms with Gasteiger partial charge in [0.25, 0.3) is 0 Å². The van der Waals surface area contributed by atoms with E-state index < -0.39 is 23.8 Å². The molecule has 0 saturated heterocycles. The first-order valence-electron chi connectivity index (χ1n) is 12.1. The molecule has 34 heavy (non-hydrogen) atoms.